The van der Waals surface area contributed by atoms with Crippen LogP contribution >= 0.6 is 7.82 Å². The molecule has 10 heteroatoms. The number of ether oxygens (including phenoxy) is 2. The van der Waals surface area contributed by atoms with Gasteiger partial charge >= 0.3 is 19.8 Å². The van der Waals surface area contributed by atoms with Crippen molar-refractivity contribution in [2.45, 2.75) is 238 Å². The van der Waals surface area contributed by atoms with E-state index in [1.165, 1.54) is 154 Å². The molecule has 0 spiro atoms. The number of phosphoric acid groups is 1. The van der Waals surface area contributed by atoms with Gasteiger partial charge < -0.3 is 20.1 Å². The van der Waals surface area contributed by atoms with Gasteiger partial charge in [-0.15, -0.1) is 0 Å². The van der Waals surface area contributed by atoms with E-state index in [4.69, 9.17) is 24.3 Å². The zero-order chi connectivity index (χ0) is 40.3. The quantitative estimate of drug-likeness (QED) is 0.0267. The van der Waals surface area contributed by atoms with Gasteiger partial charge in [-0.1, -0.05) is 193 Å². The van der Waals surface area contributed by atoms with E-state index in [9.17, 15) is 19.0 Å². The minimum atomic E-state index is -4.38. The third-order valence-corrected chi connectivity index (χ3v) is 11.1. The predicted molar refractivity (Wildman–Crippen MR) is 229 cm³/mol. The van der Waals surface area contributed by atoms with Crippen LogP contribution in [0.5, 0.6) is 0 Å². The first kappa shape index (κ1) is 53.8. The summed E-state index contributed by atoms with van der Waals surface area (Å²) in [5.41, 5.74) is 5.35. The molecule has 0 fully saturated rings. The third-order valence-electron chi connectivity index (χ3n) is 10.2. The van der Waals surface area contributed by atoms with E-state index in [0.29, 0.717) is 6.42 Å². The van der Waals surface area contributed by atoms with E-state index in [1.54, 1.807) is 0 Å². The first-order valence-electron chi connectivity index (χ1n) is 23.2. The van der Waals surface area contributed by atoms with Crippen LogP contribution in [0.25, 0.3) is 0 Å². The second-order valence-electron chi connectivity index (χ2n) is 15.6. The van der Waals surface area contributed by atoms with Gasteiger partial charge in [-0.2, -0.15) is 0 Å². The molecule has 0 amide bonds. The van der Waals surface area contributed by atoms with Crippen molar-refractivity contribution in [3.8, 4) is 0 Å². The molecule has 0 aliphatic carbocycles. The van der Waals surface area contributed by atoms with Crippen molar-refractivity contribution < 1.29 is 37.6 Å². The molecule has 0 aromatic heterocycles. The molecule has 2 atom stereocenters. The van der Waals surface area contributed by atoms with Crippen molar-refractivity contribution >= 4 is 19.8 Å². The van der Waals surface area contributed by atoms with Crippen LogP contribution in [-0.2, 0) is 32.7 Å². The van der Waals surface area contributed by atoms with E-state index in [0.717, 1.165) is 44.9 Å². The van der Waals surface area contributed by atoms with Crippen LogP contribution in [0.3, 0.4) is 0 Å². The van der Waals surface area contributed by atoms with Crippen molar-refractivity contribution in [2.75, 3.05) is 26.4 Å². The Hall–Kier alpha value is -1.25. The van der Waals surface area contributed by atoms with Crippen molar-refractivity contribution in [1.29, 1.82) is 0 Å². The second-order valence-corrected chi connectivity index (χ2v) is 17.1. The van der Waals surface area contributed by atoms with Gasteiger partial charge in [-0.3, -0.25) is 18.6 Å². The summed E-state index contributed by atoms with van der Waals surface area (Å²) in [7, 11) is -4.38. The van der Waals surface area contributed by atoms with Crippen LogP contribution in [0, 0.1) is 0 Å². The Morgan fingerprint density at radius 2 is 0.891 bits per heavy atom. The average Bonchev–Trinajstić information content (AvgIpc) is 3.17. The highest BCUT2D eigenvalue weighted by molar-refractivity contribution is 7.47. The molecule has 1 unspecified atom stereocenters. The van der Waals surface area contributed by atoms with E-state index in [2.05, 4.69) is 26.0 Å². The second kappa shape index (κ2) is 42.4. The van der Waals surface area contributed by atoms with Gasteiger partial charge in [0, 0.05) is 19.4 Å². The van der Waals surface area contributed by atoms with Crippen molar-refractivity contribution in [1.82, 2.24) is 0 Å². The van der Waals surface area contributed by atoms with Crippen molar-refractivity contribution in [3.63, 3.8) is 0 Å². The summed E-state index contributed by atoms with van der Waals surface area (Å²) in [5, 5.41) is 0. The topological polar surface area (TPSA) is 134 Å². The molecule has 0 saturated carbocycles. The fourth-order valence-corrected chi connectivity index (χ4v) is 7.45. The van der Waals surface area contributed by atoms with Gasteiger partial charge in [0.05, 0.1) is 13.2 Å². The Morgan fingerprint density at radius 3 is 1.31 bits per heavy atom. The molecule has 0 rings (SSSR count). The number of esters is 2. The van der Waals surface area contributed by atoms with E-state index in [-0.39, 0.29) is 38.6 Å². The maximum atomic E-state index is 12.6. The van der Waals surface area contributed by atoms with Gasteiger partial charge in [0.25, 0.3) is 0 Å². The Morgan fingerprint density at radius 1 is 0.527 bits per heavy atom. The van der Waals surface area contributed by atoms with Crippen LogP contribution in [0.15, 0.2) is 12.2 Å². The molecular weight excluding hydrogens is 713 g/mol. The lowest BCUT2D eigenvalue weighted by Gasteiger charge is -2.19. The predicted octanol–water partition coefficient (Wildman–Crippen LogP) is 13.4. The van der Waals surface area contributed by atoms with Crippen LogP contribution < -0.4 is 5.73 Å². The number of carbonyl (C=O) groups excluding carboxylic acids is 2. The van der Waals surface area contributed by atoms with Gasteiger partial charge in [-0.05, 0) is 38.5 Å². The lowest BCUT2D eigenvalue weighted by Crippen LogP contribution is -2.29. The SMILES string of the molecule is CCCCCCCCCC/C=C/CCCCCC(=O)O[C@H](COC(=O)CCCCCCCCCCCCCCCCCCCCC)COP(=O)(O)OCCN. The molecule has 0 aromatic carbocycles. The highest BCUT2D eigenvalue weighted by atomic mass is 31.2. The standard InChI is InChI=1S/C45H88NO8P/c1-3-5-7-9-11-13-15-17-19-20-21-22-24-25-27-29-31-33-35-37-44(47)51-41-43(42-53-55(49,50)52-40-39-46)54-45(48)38-36-34-32-30-28-26-23-18-16-14-12-10-8-6-4-2/h26,28,43H,3-25,27,29-42,46H2,1-2H3,(H,49,50)/b28-26+/t43-/m1/s1. The summed E-state index contributed by atoms with van der Waals surface area (Å²) >= 11 is 0. The molecule has 326 valence electrons. The lowest BCUT2D eigenvalue weighted by atomic mass is 10.0. The molecule has 0 heterocycles. The molecule has 0 bridgehead atoms. The van der Waals surface area contributed by atoms with Gasteiger partial charge in [0.15, 0.2) is 6.10 Å². The van der Waals surface area contributed by atoms with Crippen LogP contribution in [0.2, 0.25) is 0 Å². The summed E-state index contributed by atoms with van der Waals surface area (Å²) in [6.07, 6.45) is 43.9. The van der Waals surface area contributed by atoms with E-state index in [1.807, 2.05) is 0 Å². The van der Waals surface area contributed by atoms with Gasteiger partial charge in [0.2, 0.25) is 0 Å². The minimum Gasteiger partial charge on any atom is -0.462 e. The van der Waals surface area contributed by atoms with Gasteiger partial charge in [-0.25, -0.2) is 4.57 Å². The molecule has 9 nitrogen and oxygen atoms in total. The first-order chi connectivity index (χ1) is 26.8. The largest absolute Gasteiger partial charge is 0.472 e. The van der Waals surface area contributed by atoms with E-state index < -0.39 is 26.5 Å². The number of phosphoric ester groups is 1. The number of hydrogen-bond donors (Lipinski definition) is 2. The third kappa shape index (κ3) is 42.2. The molecule has 0 saturated heterocycles. The Kier molecular flexibility index (Phi) is 41.4. The normalized spacial score (nSPS) is 13.3. The Labute approximate surface area is 339 Å². The fraction of sp³-hybridized carbons (Fsp3) is 0.911. The summed E-state index contributed by atoms with van der Waals surface area (Å²) < 4.78 is 32.8. The zero-order valence-electron chi connectivity index (χ0n) is 35.9. The summed E-state index contributed by atoms with van der Waals surface area (Å²) in [4.78, 5) is 34.9. The van der Waals surface area contributed by atoms with Crippen LogP contribution in [0.1, 0.15) is 232 Å². The lowest BCUT2D eigenvalue weighted by molar-refractivity contribution is -0.161. The summed E-state index contributed by atoms with van der Waals surface area (Å²) in [6.45, 7) is 3.75. The molecular formula is C45H88NO8P. The number of unbranched alkanes of at least 4 members (excludes halogenated alkanes) is 29. The fourth-order valence-electron chi connectivity index (χ4n) is 6.69. The number of nitrogens with two attached hydrogens (primary N) is 1. The highest BCUT2D eigenvalue weighted by Crippen LogP contribution is 2.43. The number of carbonyl (C=O) groups is 2. The number of allylic oxidation sites excluding steroid dienone is 2. The van der Waals surface area contributed by atoms with Crippen molar-refractivity contribution in [2.24, 2.45) is 5.73 Å². The zero-order valence-corrected chi connectivity index (χ0v) is 36.8. The number of hydrogen-bond acceptors (Lipinski definition) is 8. The molecule has 0 aromatic rings. The average molecular weight is 802 g/mol. The monoisotopic (exact) mass is 802 g/mol. The van der Waals surface area contributed by atoms with Gasteiger partial charge in [0.1, 0.15) is 6.61 Å². The smallest absolute Gasteiger partial charge is 0.462 e. The summed E-state index contributed by atoms with van der Waals surface area (Å²) in [5.74, 6) is -0.834. The van der Waals surface area contributed by atoms with Crippen LogP contribution in [-0.4, -0.2) is 49.3 Å². The maximum absolute atomic E-state index is 12.6. The van der Waals surface area contributed by atoms with Crippen LogP contribution in [0.4, 0.5) is 0 Å². The molecule has 3 N–H and O–H groups in total. The Balaban J connectivity index is 4.08. The number of rotatable bonds is 44. The Bertz CT molecular complexity index is 917. The minimum absolute atomic E-state index is 0.0540. The molecule has 55 heavy (non-hydrogen) atoms. The highest BCUT2D eigenvalue weighted by Gasteiger charge is 2.26. The first-order valence-corrected chi connectivity index (χ1v) is 24.7. The van der Waals surface area contributed by atoms with Crippen molar-refractivity contribution in [3.05, 3.63) is 12.2 Å². The molecule has 0 aliphatic rings. The van der Waals surface area contributed by atoms with E-state index >= 15 is 0 Å². The summed E-state index contributed by atoms with van der Waals surface area (Å²) in [6, 6.07) is 0. The molecule has 0 radical (unpaired) electrons. The maximum Gasteiger partial charge on any atom is 0.472 e. The molecule has 0 aliphatic heterocycles.